The molecule has 1 aliphatic rings. The smallest absolute Gasteiger partial charge is 0.358 e. The second-order valence-corrected chi connectivity index (χ2v) is 9.63. The molecule has 2 unspecified atom stereocenters. The molecule has 186 valence electrons. The number of nitro groups is 1. The molecule has 0 spiro atoms. The van der Waals surface area contributed by atoms with Gasteiger partial charge in [0.15, 0.2) is 5.66 Å². The number of benzene rings is 3. The van der Waals surface area contributed by atoms with E-state index < -0.39 is 35.8 Å². The van der Waals surface area contributed by atoms with Crippen molar-refractivity contribution in [3.05, 3.63) is 99.9 Å². The standard InChI is InChI=1S/C23H20FN4O7P/c24-16-6-1-14(2-7-16)3-12-21(29)25-17-8-4-15(5-9-17)23(22(30)36(33,34)35)26-19-11-10-18(28(31)32)13-20(19)27-23/h1-13,22,26-27,30H,(H,25,29)(H2,33,34,35)/b12-3+. The number of anilines is 3. The number of carbonyl (C=O) groups is 1. The Morgan fingerprint density at radius 3 is 2.31 bits per heavy atom. The first-order chi connectivity index (χ1) is 17.0. The van der Waals surface area contributed by atoms with Crippen LogP contribution < -0.4 is 16.0 Å². The van der Waals surface area contributed by atoms with E-state index in [1.165, 1.54) is 78.9 Å². The van der Waals surface area contributed by atoms with Gasteiger partial charge in [-0.1, -0.05) is 24.3 Å². The Hall–Kier alpha value is -4.09. The Balaban J connectivity index is 1.58. The Bertz CT molecular complexity index is 1390. The summed E-state index contributed by atoms with van der Waals surface area (Å²) in [5.74, 6) is -3.14. The van der Waals surface area contributed by atoms with E-state index in [0.717, 1.165) is 0 Å². The zero-order valence-corrected chi connectivity index (χ0v) is 19.2. The first-order valence-corrected chi connectivity index (χ1v) is 12.1. The number of hydrogen-bond acceptors (Lipinski definition) is 7. The molecule has 1 amide bonds. The van der Waals surface area contributed by atoms with Crippen molar-refractivity contribution in [3.63, 3.8) is 0 Å². The molecule has 2 atom stereocenters. The van der Waals surface area contributed by atoms with Gasteiger partial charge in [0.1, 0.15) is 5.82 Å². The molecular formula is C23H20FN4O7P. The fraction of sp³-hybridized carbons (Fsp3) is 0.0870. The monoisotopic (exact) mass is 514 g/mol. The van der Waals surface area contributed by atoms with Gasteiger partial charge in [-0.2, -0.15) is 0 Å². The summed E-state index contributed by atoms with van der Waals surface area (Å²) < 4.78 is 25.0. The summed E-state index contributed by atoms with van der Waals surface area (Å²) in [6.07, 6.45) is 2.75. The number of fused-ring (bicyclic) bond motifs is 1. The van der Waals surface area contributed by atoms with Gasteiger partial charge in [0.2, 0.25) is 11.8 Å². The van der Waals surface area contributed by atoms with Crippen molar-refractivity contribution in [2.45, 2.75) is 11.5 Å². The van der Waals surface area contributed by atoms with Crippen LogP contribution in [0.4, 0.5) is 27.1 Å². The van der Waals surface area contributed by atoms with Gasteiger partial charge in [0, 0.05) is 29.5 Å². The van der Waals surface area contributed by atoms with Gasteiger partial charge in [-0.15, -0.1) is 0 Å². The van der Waals surface area contributed by atoms with Crippen LogP contribution in [0.15, 0.2) is 72.8 Å². The molecule has 0 saturated carbocycles. The maximum atomic E-state index is 13.0. The molecule has 3 aromatic carbocycles. The van der Waals surface area contributed by atoms with Crippen molar-refractivity contribution >= 4 is 42.3 Å². The molecule has 0 aromatic heterocycles. The predicted octanol–water partition coefficient (Wildman–Crippen LogP) is 3.57. The van der Waals surface area contributed by atoms with E-state index in [-0.39, 0.29) is 22.6 Å². The molecule has 3 aromatic rings. The summed E-state index contributed by atoms with van der Waals surface area (Å²) in [6.45, 7) is 0. The van der Waals surface area contributed by atoms with Gasteiger partial charge >= 0.3 is 7.60 Å². The fourth-order valence-electron chi connectivity index (χ4n) is 3.74. The van der Waals surface area contributed by atoms with Crippen LogP contribution in [0.1, 0.15) is 11.1 Å². The number of aliphatic hydroxyl groups is 1. The minimum absolute atomic E-state index is 0.167. The zero-order chi connectivity index (χ0) is 26.1. The SMILES string of the molecule is O=C(/C=C/c1ccc(F)cc1)Nc1ccc(C2(C(O)P(=O)(O)O)Nc3ccc([N+](=O)[O-])cc3N2)cc1. The Morgan fingerprint density at radius 1 is 1.06 bits per heavy atom. The molecule has 6 N–H and O–H groups in total. The van der Waals surface area contributed by atoms with Crippen LogP contribution in [0.25, 0.3) is 6.08 Å². The minimum Gasteiger partial charge on any atom is -0.377 e. The molecule has 1 heterocycles. The first-order valence-electron chi connectivity index (χ1n) is 10.4. The Morgan fingerprint density at radius 2 is 1.69 bits per heavy atom. The summed E-state index contributed by atoms with van der Waals surface area (Å²) in [6, 6.07) is 15.1. The van der Waals surface area contributed by atoms with Gasteiger partial charge in [-0.05, 0) is 42.0 Å². The molecule has 11 nitrogen and oxygen atoms in total. The van der Waals surface area contributed by atoms with Gasteiger partial charge < -0.3 is 30.8 Å². The summed E-state index contributed by atoms with van der Waals surface area (Å²) >= 11 is 0. The van der Waals surface area contributed by atoms with E-state index >= 15 is 0 Å². The van der Waals surface area contributed by atoms with Crippen LogP contribution in [0.2, 0.25) is 0 Å². The fourth-order valence-corrected chi connectivity index (χ4v) is 4.52. The number of aliphatic hydroxyl groups excluding tert-OH is 1. The summed E-state index contributed by atoms with van der Waals surface area (Å²) in [4.78, 5) is 42.2. The topological polar surface area (TPSA) is 174 Å². The molecule has 0 aliphatic carbocycles. The van der Waals surface area contributed by atoms with E-state index in [1.54, 1.807) is 0 Å². The molecule has 4 rings (SSSR count). The second kappa shape index (κ2) is 9.51. The highest BCUT2D eigenvalue weighted by Gasteiger charge is 2.52. The third-order valence-corrected chi connectivity index (χ3v) is 6.51. The summed E-state index contributed by atoms with van der Waals surface area (Å²) in [5, 5.41) is 30.0. The van der Waals surface area contributed by atoms with E-state index in [0.29, 0.717) is 11.3 Å². The third kappa shape index (κ3) is 5.11. The lowest BCUT2D eigenvalue weighted by atomic mass is 10.00. The van der Waals surface area contributed by atoms with Crippen molar-refractivity contribution in [2.75, 3.05) is 16.0 Å². The van der Waals surface area contributed by atoms with E-state index in [9.17, 15) is 38.8 Å². The molecule has 1 aliphatic heterocycles. The Labute approximate surface area is 203 Å². The molecule has 13 heteroatoms. The maximum absolute atomic E-state index is 13.0. The van der Waals surface area contributed by atoms with Crippen molar-refractivity contribution < 1.29 is 33.6 Å². The number of amides is 1. The normalized spacial score (nSPS) is 17.7. The number of carbonyl (C=O) groups excluding carboxylic acids is 1. The van der Waals surface area contributed by atoms with Gasteiger partial charge in [-0.25, -0.2) is 4.39 Å². The molecule has 0 bridgehead atoms. The third-order valence-electron chi connectivity index (χ3n) is 5.49. The lowest BCUT2D eigenvalue weighted by Gasteiger charge is -2.36. The van der Waals surface area contributed by atoms with Crippen molar-refractivity contribution in [1.82, 2.24) is 0 Å². The quantitative estimate of drug-likeness (QED) is 0.119. The van der Waals surface area contributed by atoms with Gasteiger partial charge in [0.05, 0.1) is 16.3 Å². The maximum Gasteiger partial charge on any atom is 0.358 e. The molecule has 0 radical (unpaired) electrons. The predicted molar refractivity (Wildman–Crippen MR) is 131 cm³/mol. The van der Waals surface area contributed by atoms with Crippen molar-refractivity contribution in [2.24, 2.45) is 0 Å². The van der Waals surface area contributed by atoms with E-state index in [2.05, 4.69) is 16.0 Å². The highest BCUT2D eigenvalue weighted by atomic mass is 31.2. The average molecular weight is 514 g/mol. The number of rotatable bonds is 7. The van der Waals surface area contributed by atoms with Crippen molar-refractivity contribution in [3.8, 4) is 0 Å². The largest absolute Gasteiger partial charge is 0.377 e. The van der Waals surface area contributed by atoms with Crippen molar-refractivity contribution in [1.29, 1.82) is 0 Å². The lowest BCUT2D eigenvalue weighted by Crippen LogP contribution is -2.49. The van der Waals surface area contributed by atoms with Crippen LogP contribution in [0, 0.1) is 15.9 Å². The summed E-state index contributed by atoms with van der Waals surface area (Å²) in [5.41, 5.74) is -0.556. The van der Waals surface area contributed by atoms with Crippen LogP contribution in [-0.2, 0) is 15.0 Å². The lowest BCUT2D eigenvalue weighted by molar-refractivity contribution is -0.384. The molecular weight excluding hydrogens is 494 g/mol. The van der Waals surface area contributed by atoms with E-state index in [1.807, 2.05) is 0 Å². The second-order valence-electron chi connectivity index (χ2n) is 7.96. The average Bonchev–Trinajstić information content (AvgIpc) is 3.23. The molecule has 0 fully saturated rings. The molecule has 36 heavy (non-hydrogen) atoms. The zero-order valence-electron chi connectivity index (χ0n) is 18.3. The molecule has 0 saturated heterocycles. The van der Waals surface area contributed by atoms with Gasteiger partial charge in [-0.3, -0.25) is 19.5 Å². The number of nitro benzene ring substituents is 1. The highest BCUT2D eigenvalue weighted by Crippen LogP contribution is 2.53. The van der Waals surface area contributed by atoms with Crippen LogP contribution >= 0.6 is 7.60 Å². The van der Waals surface area contributed by atoms with Crippen LogP contribution in [-0.4, -0.2) is 31.6 Å². The number of hydrogen-bond donors (Lipinski definition) is 6. The number of non-ortho nitro benzene ring substituents is 1. The van der Waals surface area contributed by atoms with Gasteiger partial charge in [0.25, 0.3) is 5.69 Å². The number of halogens is 1. The van der Waals surface area contributed by atoms with Crippen LogP contribution in [0.5, 0.6) is 0 Å². The van der Waals surface area contributed by atoms with E-state index in [4.69, 9.17) is 0 Å². The Kier molecular flexibility index (Phi) is 6.61. The first kappa shape index (κ1) is 25.0. The van der Waals surface area contributed by atoms with Crippen LogP contribution in [0.3, 0.4) is 0 Å². The number of nitrogens with zero attached hydrogens (tertiary/aromatic N) is 1. The highest BCUT2D eigenvalue weighted by molar-refractivity contribution is 7.52. The minimum atomic E-state index is -5.08. The summed E-state index contributed by atoms with van der Waals surface area (Å²) in [7, 11) is -5.08. The number of nitrogens with one attached hydrogen (secondary N) is 3.